The minimum atomic E-state index is 0.149. The Kier molecular flexibility index (Phi) is 9.26. The second kappa shape index (κ2) is 11.7. The molecule has 0 aliphatic carbocycles. The van der Waals surface area contributed by atoms with Crippen LogP contribution in [0.25, 0.3) is 0 Å². The maximum Gasteiger partial charge on any atom is 0.220 e. The highest BCUT2D eigenvalue weighted by atomic mass is 16.5. The molecule has 0 bridgehead atoms. The molecule has 144 valence electrons. The number of allylic oxidation sites excluding steroid dienone is 1. The molecule has 1 aliphatic heterocycles. The number of piperidine rings is 1. The normalized spacial score (nSPS) is 15.6. The van der Waals surface area contributed by atoms with Gasteiger partial charge in [-0.15, -0.1) is 0 Å². The maximum absolute atomic E-state index is 11.9. The van der Waals surface area contributed by atoms with Crippen LogP contribution in [0, 0.1) is 5.92 Å². The predicted molar refractivity (Wildman–Crippen MR) is 107 cm³/mol. The van der Waals surface area contributed by atoms with E-state index in [-0.39, 0.29) is 5.91 Å². The van der Waals surface area contributed by atoms with Gasteiger partial charge in [0.1, 0.15) is 0 Å². The Morgan fingerprint density at radius 3 is 2.65 bits per heavy atom. The van der Waals surface area contributed by atoms with Gasteiger partial charge in [0.2, 0.25) is 5.91 Å². The molecule has 1 N–H and O–H groups in total. The summed E-state index contributed by atoms with van der Waals surface area (Å²) in [7, 11) is 0. The van der Waals surface area contributed by atoms with Gasteiger partial charge in [0, 0.05) is 25.9 Å². The number of amides is 1. The number of benzene rings is 1. The van der Waals surface area contributed by atoms with Gasteiger partial charge in [0.25, 0.3) is 0 Å². The van der Waals surface area contributed by atoms with Crippen LogP contribution in [0.5, 0.6) is 0 Å². The lowest BCUT2D eigenvalue weighted by Gasteiger charge is -2.32. The summed E-state index contributed by atoms with van der Waals surface area (Å²) in [5.74, 6) is 1.67. The van der Waals surface area contributed by atoms with Crippen LogP contribution in [-0.2, 0) is 16.1 Å². The lowest BCUT2D eigenvalue weighted by atomic mass is 9.93. The highest BCUT2D eigenvalue weighted by molar-refractivity contribution is 5.75. The third-order valence-electron chi connectivity index (χ3n) is 5.04. The quantitative estimate of drug-likeness (QED) is 0.605. The van der Waals surface area contributed by atoms with Crippen LogP contribution in [0.4, 0.5) is 0 Å². The molecule has 1 aliphatic rings. The SMILES string of the molecule is C=C(CCCC(=O)NCCC1CCN(Cc2ccccc2)CC1)OCC. The van der Waals surface area contributed by atoms with Gasteiger partial charge in [-0.2, -0.15) is 0 Å². The molecule has 0 aromatic heterocycles. The van der Waals surface area contributed by atoms with E-state index in [0.29, 0.717) is 13.0 Å². The van der Waals surface area contributed by atoms with Crippen LogP contribution in [0.3, 0.4) is 0 Å². The largest absolute Gasteiger partial charge is 0.499 e. The van der Waals surface area contributed by atoms with Gasteiger partial charge in [-0.25, -0.2) is 0 Å². The zero-order valence-corrected chi connectivity index (χ0v) is 16.2. The van der Waals surface area contributed by atoms with E-state index in [1.807, 2.05) is 6.92 Å². The van der Waals surface area contributed by atoms with Gasteiger partial charge in [0.15, 0.2) is 0 Å². The van der Waals surface area contributed by atoms with Gasteiger partial charge in [-0.3, -0.25) is 9.69 Å². The zero-order valence-electron chi connectivity index (χ0n) is 16.2. The Balaban J connectivity index is 1.52. The molecule has 26 heavy (non-hydrogen) atoms. The van der Waals surface area contributed by atoms with Gasteiger partial charge >= 0.3 is 0 Å². The van der Waals surface area contributed by atoms with Gasteiger partial charge < -0.3 is 10.1 Å². The Hall–Kier alpha value is -1.81. The Labute approximate surface area is 158 Å². The maximum atomic E-state index is 11.9. The number of carbonyl (C=O) groups is 1. The van der Waals surface area contributed by atoms with E-state index in [9.17, 15) is 4.79 Å². The summed E-state index contributed by atoms with van der Waals surface area (Å²) in [6, 6.07) is 10.7. The molecule has 0 saturated carbocycles. The first-order valence-corrected chi connectivity index (χ1v) is 10.0. The molecule has 1 fully saturated rings. The molecular weight excluding hydrogens is 324 g/mol. The zero-order chi connectivity index (χ0) is 18.6. The molecule has 4 nitrogen and oxygen atoms in total. The van der Waals surface area contributed by atoms with Crippen LogP contribution in [0.2, 0.25) is 0 Å². The van der Waals surface area contributed by atoms with Gasteiger partial charge in [-0.05, 0) is 57.2 Å². The number of ether oxygens (including phenoxy) is 1. The number of carbonyl (C=O) groups excluding carboxylic acids is 1. The van der Waals surface area contributed by atoms with E-state index in [1.165, 1.54) is 18.4 Å². The van der Waals surface area contributed by atoms with Crippen LogP contribution < -0.4 is 5.32 Å². The van der Waals surface area contributed by atoms with Gasteiger partial charge in [0.05, 0.1) is 12.4 Å². The van der Waals surface area contributed by atoms with Gasteiger partial charge in [-0.1, -0.05) is 36.9 Å². The van der Waals surface area contributed by atoms with E-state index in [1.54, 1.807) is 0 Å². The lowest BCUT2D eigenvalue weighted by molar-refractivity contribution is -0.121. The van der Waals surface area contributed by atoms with E-state index in [4.69, 9.17) is 4.74 Å². The first-order valence-electron chi connectivity index (χ1n) is 10.0. The molecule has 1 amide bonds. The summed E-state index contributed by atoms with van der Waals surface area (Å²) in [4.78, 5) is 14.4. The summed E-state index contributed by atoms with van der Waals surface area (Å²) >= 11 is 0. The standard InChI is InChI=1S/C22H34N2O2/c1-3-26-19(2)8-7-11-22(25)23-15-12-20-13-16-24(17-14-20)18-21-9-5-4-6-10-21/h4-6,9-10,20H,2-3,7-8,11-18H2,1H3,(H,23,25). The van der Waals surface area contributed by atoms with Crippen LogP contribution in [0.1, 0.15) is 51.0 Å². The Morgan fingerprint density at radius 2 is 1.96 bits per heavy atom. The van der Waals surface area contributed by atoms with Crippen molar-refractivity contribution in [2.24, 2.45) is 5.92 Å². The summed E-state index contributed by atoms with van der Waals surface area (Å²) in [5.41, 5.74) is 1.39. The first kappa shape index (κ1) is 20.5. The Morgan fingerprint density at radius 1 is 1.23 bits per heavy atom. The van der Waals surface area contributed by atoms with Crippen molar-refractivity contribution in [3.63, 3.8) is 0 Å². The number of rotatable bonds is 11. The van der Waals surface area contributed by atoms with Crippen LogP contribution in [0.15, 0.2) is 42.7 Å². The highest BCUT2D eigenvalue weighted by Gasteiger charge is 2.19. The summed E-state index contributed by atoms with van der Waals surface area (Å²) < 4.78 is 5.30. The van der Waals surface area contributed by atoms with E-state index in [2.05, 4.69) is 47.1 Å². The van der Waals surface area contributed by atoms with E-state index in [0.717, 1.165) is 57.1 Å². The fourth-order valence-corrected chi connectivity index (χ4v) is 3.50. The molecule has 0 spiro atoms. The van der Waals surface area contributed by atoms with Crippen molar-refractivity contribution in [1.82, 2.24) is 10.2 Å². The average molecular weight is 359 g/mol. The second-order valence-electron chi connectivity index (χ2n) is 7.17. The molecular formula is C22H34N2O2. The van der Waals surface area contributed by atoms with Crippen molar-refractivity contribution < 1.29 is 9.53 Å². The van der Waals surface area contributed by atoms with Crippen LogP contribution >= 0.6 is 0 Å². The van der Waals surface area contributed by atoms with Crippen molar-refractivity contribution in [3.05, 3.63) is 48.2 Å². The van der Waals surface area contributed by atoms with Crippen molar-refractivity contribution in [3.8, 4) is 0 Å². The van der Waals surface area contributed by atoms with E-state index >= 15 is 0 Å². The topological polar surface area (TPSA) is 41.6 Å². The van der Waals surface area contributed by atoms with Crippen molar-refractivity contribution >= 4 is 5.91 Å². The molecule has 1 aromatic rings. The van der Waals surface area contributed by atoms with E-state index < -0.39 is 0 Å². The van der Waals surface area contributed by atoms with Crippen molar-refractivity contribution in [2.75, 3.05) is 26.2 Å². The molecule has 2 rings (SSSR count). The number of likely N-dealkylation sites (tertiary alicyclic amines) is 1. The second-order valence-corrected chi connectivity index (χ2v) is 7.17. The van der Waals surface area contributed by atoms with Crippen molar-refractivity contribution in [2.45, 2.75) is 52.0 Å². The summed E-state index contributed by atoms with van der Waals surface area (Å²) in [6.07, 6.45) is 5.69. The number of hydrogen-bond acceptors (Lipinski definition) is 3. The average Bonchev–Trinajstić information content (AvgIpc) is 2.64. The first-order chi connectivity index (χ1) is 12.7. The summed E-state index contributed by atoms with van der Waals surface area (Å²) in [6.45, 7) is 10.6. The number of nitrogens with one attached hydrogen (secondary N) is 1. The monoisotopic (exact) mass is 358 g/mol. The number of nitrogens with zero attached hydrogens (tertiary/aromatic N) is 1. The smallest absolute Gasteiger partial charge is 0.220 e. The minimum Gasteiger partial charge on any atom is -0.499 e. The molecule has 1 aromatic carbocycles. The molecule has 0 atom stereocenters. The molecule has 0 unspecified atom stereocenters. The highest BCUT2D eigenvalue weighted by Crippen LogP contribution is 2.21. The van der Waals surface area contributed by atoms with Crippen LogP contribution in [-0.4, -0.2) is 37.0 Å². The molecule has 1 heterocycles. The third kappa shape index (κ3) is 8.05. The fourth-order valence-electron chi connectivity index (χ4n) is 3.50. The van der Waals surface area contributed by atoms with Crippen molar-refractivity contribution in [1.29, 1.82) is 0 Å². The molecule has 1 saturated heterocycles. The molecule has 0 radical (unpaired) electrons. The fraction of sp³-hybridized carbons (Fsp3) is 0.591. The number of hydrogen-bond donors (Lipinski definition) is 1. The summed E-state index contributed by atoms with van der Waals surface area (Å²) in [5, 5.41) is 3.06. The predicted octanol–water partition coefficient (Wildman–Crippen LogP) is 4.13. The third-order valence-corrected chi connectivity index (χ3v) is 5.04. The lowest BCUT2D eigenvalue weighted by Crippen LogP contribution is -2.34. The Bertz CT molecular complexity index is 536. The minimum absolute atomic E-state index is 0.149. The molecule has 4 heteroatoms.